The lowest BCUT2D eigenvalue weighted by Crippen LogP contribution is -2.39. The molecule has 0 aliphatic carbocycles. The highest BCUT2D eigenvalue weighted by Crippen LogP contribution is 2.29. The van der Waals surface area contributed by atoms with Gasteiger partial charge in [0, 0.05) is 10.6 Å². The van der Waals surface area contributed by atoms with Crippen molar-refractivity contribution in [2.75, 3.05) is 0 Å². The number of hydrogen-bond acceptors (Lipinski definition) is 3. The van der Waals surface area contributed by atoms with Gasteiger partial charge in [-0.3, -0.25) is 0 Å². The molecular formula is C18H19ClFNO3. The quantitative estimate of drug-likeness (QED) is 0.819. The highest BCUT2D eigenvalue weighted by atomic mass is 35.5. The van der Waals surface area contributed by atoms with Crippen LogP contribution in [0.5, 0.6) is 0 Å². The Kier molecular flexibility index (Phi) is 6.58. The van der Waals surface area contributed by atoms with E-state index < -0.39 is 24.1 Å². The predicted octanol–water partition coefficient (Wildman–Crippen LogP) is 4.22. The van der Waals surface area contributed by atoms with E-state index in [0.29, 0.717) is 6.42 Å². The number of halogens is 2. The van der Waals surface area contributed by atoms with Gasteiger partial charge in [0.15, 0.2) is 0 Å². The van der Waals surface area contributed by atoms with Crippen LogP contribution in [-0.4, -0.2) is 17.2 Å². The second-order valence-corrected chi connectivity index (χ2v) is 5.71. The summed E-state index contributed by atoms with van der Waals surface area (Å²) in [5.74, 6) is -0.618. The molecule has 0 radical (unpaired) electrons. The Hall–Kier alpha value is -2.11. The van der Waals surface area contributed by atoms with Crippen LogP contribution in [0, 0.1) is 5.82 Å². The summed E-state index contributed by atoms with van der Waals surface area (Å²) in [5, 5.41) is 13.0. The van der Waals surface area contributed by atoms with E-state index in [1.807, 2.05) is 30.3 Å². The monoisotopic (exact) mass is 351 g/mol. The van der Waals surface area contributed by atoms with Gasteiger partial charge in [-0.15, -0.1) is 0 Å². The van der Waals surface area contributed by atoms with Crippen molar-refractivity contribution in [3.63, 3.8) is 0 Å². The molecule has 1 amide bonds. The van der Waals surface area contributed by atoms with Crippen LogP contribution in [0.15, 0.2) is 48.5 Å². The van der Waals surface area contributed by atoms with Gasteiger partial charge in [-0.05, 0) is 24.1 Å². The molecule has 2 aromatic rings. The minimum absolute atomic E-state index is 0.0330. The number of carbonyl (C=O) groups is 1. The summed E-state index contributed by atoms with van der Waals surface area (Å²) in [6.45, 7) is 1.87. The number of nitrogens with one attached hydrogen (secondary N) is 1. The molecule has 24 heavy (non-hydrogen) atoms. The molecule has 0 saturated heterocycles. The van der Waals surface area contributed by atoms with Crippen LogP contribution in [0.1, 0.15) is 30.6 Å². The Labute approximate surface area is 145 Å². The lowest BCUT2D eigenvalue weighted by atomic mass is 10.00. The molecule has 6 heteroatoms. The third-order valence-corrected chi connectivity index (χ3v) is 3.96. The third-order valence-electron chi connectivity index (χ3n) is 3.63. The summed E-state index contributed by atoms with van der Waals surface area (Å²) in [4.78, 5) is 11.9. The van der Waals surface area contributed by atoms with Crippen LogP contribution in [0.2, 0.25) is 5.02 Å². The number of alkyl carbamates (subject to hydrolysis) is 1. The lowest BCUT2D eigenvalue weighted by molar-refractivity contribution is 0.0983. The first-order chi connectivity index (χ1) is 11.5. The maximum atomic E-state index is 13.9. The number of aliphatic hydroxyl groups excluding tert-OH is 1. The van der Waals surface area contributed by atoms with Crippen molar-refractivity contribution in [2.45, 2.75) is 32.1 Å². The fourth-order valence-electron chi connectivity index (χ4n) is 2.31. The van der Waals surface area contributed by atoms with Gasteiger partial charge in [-0.1, -0.05) is 54.9 Å². The predicted molar refractivity (Wildman–Crippen MR) is 90.2 cm³/mol. The highest BCUT2D eigenvalue weighted by Gasteiger charge is 2.26. The third kappa shape index (κ3) is 4.69. The summed E-state index contributed by atoms with van der Waals surface area (Å²) < 4.78 is 19.0. The van der Waals surface area contributed by atoms with E-state index in [2.05, 4.69) is 5.32 Å². The van der Waals surface area contributed by atoms with Crippen LogP contribution in [0.4, 0.5) is 9.18 Å². The molecule has 0 fully saturated rings. The number of ether oxygens (including phenoxy) is 1. The molecule has 0 spiro atoms. The smallest absolute Gasteiger partial charge is 0.407 e. The fourth-order valence-corrected chi connectivity index (χ4v) is 2.59. The molecular weight excluding hydrogens is 333 g/mol. The van der Waals surface area contributed by atoms with Crippen LogP contribution >= 0.6 is 11.6 Å². The van der Waals surface area contributed by atoms with E-state index in [1.165, 1.54) is 18.2 Å². The molecule has 4 nitrogen and oxygen atoms in total. The van der Waals surface area contributed by atoms with E-state index in [-0.39, 0.29) is 17.2 Å². The summed E-state index contributed by atoms with van der Waals surface area (Å²) in [5.41, 5.74) is 0.813. The summed E-state index contributed by atoms with van der Waals surface area (Å²) in [6, 6.07) is 12.7. The second kappa shape index (κ2) is 8.66. The average Bonchev–Trinajstić information content (AvgIpc) is 2.58. The fraction of sp³-hybridized carbons (Fsp3) is 0.278. The Morgan fingerprint density at radius 2 is 1.96 bits per heavy atom. The van der Waals surface area contributed by atoms with Crippen molar-refractivity contribution in [1.29, 1.82) is 0 Å². The molecule has 0 bridgehead atoms. The van der Waals surface area contributed by atoms with Gasteiger partial charge in [0.2, 0.25) is 0 Å². The maximum Gasteiger partial charge on any atom is 0.407 e. The van der Waals surface area contributed by atoms with E-state index in [0.717, 1.165) is 5.56 Å². The molecule has 0 saturated carbocycles. The minimum Gasteiger partial charge on any atom is -0.445 e. The number of benzene rings is 2. The van der Waals surface area contributed by atoms with Crippen molar-refractivity contribution in [2.24, 2.45) is 0 Å². The minimum atomic E-state index is -1.27. The molecule has 128 valence electrons. The van der Waals surface area contributed by atoms with Gasteiger partial charge in [0.05, 0.1) is 6.04 Å². The first-order valence-electron chi connectivity index (χ1n) is 7.62. The molecule has 2 atom stereocenters. The Morgan fingerprint density at radius 3 is 2.58 bits per heavy atom. The zero-order valence-corrected chi connectivity index (χ0v) is 14.0. The molecule has 0 heterocycles. The maximum absolute atomic E-state index is 13.9. The standard InChI is InChI=1S/C18H19ClFNO3/c1-2-15(17(22)16-13(19)9-6-10-14(16)20)21-18(23)24-11-12-7-4-3-5-8-12/h3-10,15,17,22H,2,11H2,1H3,(H,21,23). The average molecular weight is 352 g/mol. The number of hydrogen-bond donors (Lipinski definition) is 2. The van der Waals surface area contributed by atoms with E-state index in [9.17, 15) is 14.3 Å². The SMILES string of the molecule is CCC(NC(=O)OCc1ccccc1)C(O)c1c(F)cccc1Cl. The number of amides is 1. The molecule has 0 aromatic heterocycles. The molecule has 2 unspecified atom stereocenters. The zero-order valence-electron chi connectivity index (χ0n) is 13.2. The first kappa shape index (κ1) is 18.2. The van der Waals surface area contributed by atoms with Crippen LogP contribution in [0.3, 0.4) is 0 Å². The lowest BCUT2D eigenvalue weighted by Gasteiger charge is -2.24. The van der Waals surface area contributed by atoms with Crippen LogP contribution in [0.25, 0.3) is 0 Å². The van der Waals surface area contributed by atoms with Gasteiger partial charge in [-0.2, -0.15) is 0 Å². The van der Waals surface area contributed by atoms with Crippen molar-refractivity contribution in [3.8, 4) is 0 Å². The molecule has 0 aliphatic heterocycles. The Morgan fingerprint density at radius 1 is 1.25 bits per heavy atom. The number of aliphatic hydroxyl groups is 1. The Bertz CT molecular complexity index is 661. The largest absolute Gasteiger partial charge is 0.445 e. The van der Waals surface area contributed by atoms with Crippen molar-refractivity contribution >= 4 is 17.7 Å². The van der Waals surface area contributed by atoms with Crippen LogP contribution in [-0.2, 0) is 11.3 Å². The molecule has 2 aromatic carbocycles. The van der Waals surface area contributed by atoms with E-state index >= 15 is 0 Å². The van der Waals surface area contributed by atoms with Gasteiger partial charge in [0.25, 0.3) is 0 Å². The van der Waals surface area contributed by atoms with Gasteiger partial charge < -0.3 is 15.2 Å². The molecule has 2 N–H and O–H groups in total. The van der Waals surface area contributed by atoms with Gasteiger partial charge in [-0.25, -0.2) is 9.18 Å². The normalized spacial score (nSPS) is 13.2. The van der Waals surface area contributed by atoms with Gasteiger partial charge in [0.1, 0.15) is 18.5 Å². The first-order valence-corrected chi connectivity index (χ1v) is 8.00. The highest BCUT2D eigenvalue weighted by molar-refractivity contribution is 6.31. The summed E-state index contributed by atoms with van der Waals surface area (Å²) >= 11 is 5.96. The number of rotatable bonds is 6. The topological polar surface area (TPSA) is 58.6 Å². The molecule has 0 aliphatic rings. The van der Waals surface area contributed by atoms with Crippen molar-refractivity contribution in [3.05, 3.63) is 70.5 Å². The Balaban J connectivity index is 1.99. The molecule has 2 rings (SSSR count). The van der Waals surface area contributed by atoms with Crippen molar-refractivity contribution < 1.29 is 19.0 Å². The number of carbonyl (C=O) groups excluding carboxylic acids is 1. The van der Waals surface area contributed by atoms with E-state index in [4.69, 9.17) is 16.3 Å². The zero-order chi connectivity index (χ0) is 17.5. The van der Waals surface area contributed by atoms with Crippen LogP contribution < -0.4 is 5.32 Å². The second-order valence-electron chi connectivity index (χ2n) is 5.30. The van der Waals surface area contributed by atoms with Crippen molar-refractivity contribution in [1.82, 2.24) is 5.32 Å². The van der Waals surface area contributed by atoms with E-state index in [1.54, 1.807) is 6.92 Å². The van der Waals surface area contributed by atoms with Gasteiger partial charge >= 0.3 is 6.09 Å². The summed E-state index contributed by atoms with van der Waals surface area (Å²) in [7, 11) is 0. The summed E-state index contributed by atoms with van der Waals surface area (Å²) in [6.07, 6.45) is -1.57.